The number of aliphatic carboxylic acids is 1. The lowest BCUT2D eigenvalue weighted by Gasteiger charge is -2.30. The molecule has 0 unspecified atom stereocenters. The van der Waals surface area contributed by atoms with E-state index < -0.39 is 46.4 Å². The van der Waals surface area contributed by atoms with Gasteiger partial charge in [0.2, 0.25) is 0 Å². The molecule has 0 aliphatic carbocycles. The molecule has 0 bridgehead atoms. The Morgan fingerprint density at radius 1 is 1.08 bits per heavy atom. The van der Waals surface area contributed by atoms with Crippen LogP contribution in [0.3, 0.4) is 0 Å². The second-order valence-corrected chi connectivity index (χ2v) is 7.34. The molecule has 0 radical (unpaired) electrons. The molecule has 0 amide bonds. The van der Waals surface area contributed by atoms with Crippen molar-refractivity contribution in [1.82, 2.24) is 4.72 Å². The van der Waals surface area contributed by atoms with Crippen LogP contribution >= 0.6 is 0 Å². The van der Waals surface area contributed by atoms with Crippen LogP contribution in [0.25, 0.3) is 0 Å². The zero-order chi connectivity index (χ0) is 19.6. The van der Waals surface area contributed by atoms with Gasteiger partial charge in [-0.15, -0.1) is 0 Å². The SMILES string of the molecule is C[N+](C)(CCCNS(=O)(=O)C(F)(F)C(F)(F)C(F)(F)F)CC(=O)[O-]. The summed E-state index contributed by atoms with van der Waals surface area (Å²) in [6.45, 7) is -1.49. The number of nitrogens with one attached hydrogen (secondary N) is 1. The summed E-state index contributed by atoms with van der Waals surface area (Å²) < 4.78 is 110. The number of carboxylic acids is 1. The van der Waals surface area contributed by atoms with Crippen molar-refractivity contribution in [2.45, 2.75) is 23.8 Å². The summed E-state index contributed by atoms with van der Waals surface area (Å²) >= 11 is 0. The summed E-state index contributed by atoms with van der Waals surface area (Å²) in [5.41, 5.74) is 0. The summed E-state index contributed by atoms with van der Waals surface area (Å²) in [7, 11) is -3.59. The maximum atomic E-state index is 13.1. The molecule has 0 aromatic heterocycles. The van der Waals surface area contributed by atoms with Crippen LogP contribution in [0, 0.1) is 0 Å². The predicted molar refractivity (Wildman–Crippen MR) is 64.3 cm³/mol. The zero-order valence-electron chi connectivity index (χ0n) is 12.5. The van der Waals surface area contributed by atoms with Gasteiger partial charge in [0.05, 0.1) is 26.6 Å². The Bertz CT molecular complexity index is 560. The van der Waals surface area contributed by atoms with Gasteiger partial charge in [0, 0.05) is 13.0 Å². The lowest BCUT2D eigenvalue weighted by atomic mass is 10.3. The van der Waals surface area contributed by atoms with E-state index in [0.29, 0.717) is 0 Å². The number of hydrogen-bond acceptors (Lipinski definition) is 4. The standard InChI is InChI=1S/C10H15F7N2O4S/c1-19(2,6-7(20)21)5-3-4-18-24(22,23)10(16,17)8(11,12)9(13,14)15/h18H,3-6H2,1-2H3. The van der Waals surface area contributed by atoms with Crippen molar-refractivity contribution in [2.24, 2.45) is 0 Å². The van der Waals surface area contributed by atoms with E-state index in [2.05, 4.69) is 0 Å². The number of alkyl halides is 7. The predicted octanol–water partition coefficient (Wildman–Crippen LogP) is -0.0874. The third-order valence-corrected chi connectivity index (χ3v) is 4.36. The van der Waals surface area contributed by atoms with Crippen LogP contribution in [-0.2, 0) is 14.8 Å². The third-order valence-electron chi connectivity index (χ3n) is 2.85. The number of nitrogens with zero attached hydrogens (tertiary/aromatic N) is 1. The molecule has 0 spiro atoms. The monoisotopic (exact) mass is 392 g/mol. The van der Waals surface area contributed by atoms with E-state index in [1.54, 1.807) is 0 Å². The normalized spacial score (nSPS) is 14.7. The fraction of sp³-hybridized carbons (Fsp3) is 0.900. The minimum Gasteiger partial charge on any atom is -0.544 e. The van der Waals surface area contributed by atoms with Crippen LogP contribution in [0.15, 0.2) is 0 Å². The van der Waals surface area contributed by atoms with Crippen molar-refractivity contribution in [3.8, 4) is 0 Å². The first-order chi connectivity index (χ1) is 10.4. The topological polar surface area (TPSA) is 86.3 Å². The average Bonchev–Trinajstić information content (AvgIpc) is 2.31. The van der Waals surface area contributed by atoms with Crippen molar-refractivity contribution in [3.63, 3.8) is 0 Å². The number of likely N-dealkylation sites (N-methyl/N-ethyl adjacent to an activating group) is 1. The minimum atomic E-state index is -6.78. The Labute approximate surface area is 132 Å². The van der Waals surface area contributed by atoms with Gasteiger partial charge in [0.1, 0.15) is 6.54 Å². The molecule has 1 N–H and O–H groups in total. The lowest BCUT2D eigenvalue weighted by Crippen LogP contribution is -2.59. The molecule has 0 aromatic rings. The first-order valence-electron chi connectivity index (χ1n) is 6.21. The van der Waals surface area contributed by atoms with Crippen molar-refractivity contribution < 1.29 is 53.5 Å². The van der Waals surface area contributed by atoms with Crippen LogP contribution in [0.2, 0.25) is 0 Å². The molecule has 0 atom stereocenters. The molecular formula is C10H15F7N2O4S. The fourth-order valence-corrected chi connectivity index (χ4v) is 2.61. The Balaban J connectivity index is 4.91. The fourth-order valence-electron chi connectivity index (χ4n) is 1.57. The summed E-state index contributed by atoms with van der Waals surface area (Å²) in [6, 6.07) is 0. The van der Waals surface area contributed by atoms with E-state index in [1.807, 2.05) is 0 Å². The first kappa shape index (κ1) is 22.9. The summed E-state index contributed by atoms with van der Waals surface area (Å²) in [4.78, 5) is 10.4. The molecule has 14 heteroatoms. The smallest absolute Gasteiger partial charge is 0.461 e. The Kier molecular flexibility index (Phi) is 6.66. The van der Waals surface area contributed by atoms with Gasteiger partial charge in [0.25, 0.3) is 10.0 Å². The van der Waals surface area contributed by atoms with Crippen molar-refractivity contribution >= 4 is 16.0 Å². The van der Waals surface area contributed by atoms with E-state index in [0.717, 1.165) is 4.72 Å². The van der Waals surface area contributed by atoms with Crippen LogP contribution in [0.1, 0.15) is 6.42 Å². The Morgan fingerprint density at radius 3 is 1.92 bits per heavy atom. The number of carbonyl (C=O) groups excluding carboxylic acids is 1. The highest BCUT2D eigenvalue weighted by atomic mass is 32.2. The van der Waals surface area contributed by atoms with Crippen molar-refractivity contribution in [2.75, 3.05) is 33.7 Å². The third kappa shape index (κ3) is 5.17. The molecule has 0 heterocycles. The number of carbonyl (C=O) groups is 1. The van der Waals surface area contributed by atoms with Gasteiger partial charge in [-0.1, -0.05) is 0 Å². The van der Waals surface area contributed by atoms with E-state index in [9.17, 15) is 49.1 Å². The van der Waals surface area contributed by atoms with Crippen LogP contribution in [0.5, 0.6) is 0 Å². The molecule has 0 fully saturated rings. The maximum Gasteiger partial charge on any atom is 0.461 e. The molecule has 0 saturated carbocycles. The maximum absolute atomic E-state index is 13.1. The highest BCUT2D eigenvalue weighted by molar-refractivity contribution is 7.90. The number of quaternary nitrogens is 1. The highest BCUT2D eigenvalue weighted by Gasteiger charge is 2.78. The summed E-state index contributed by atoms with van der Waals surface area (Å²) in [5.74, 6) is -8.23. The van der Waals surface area contributed by atoms with Crippen molar-refractivity contribution in [1.29, 1.82) is 0 Å². The number of sulfonamides is 1. The van der Waals surface area contributed by atoms with Gasteiger partial charge >= 0.3 is 17.4 Å². The molecule has 6 nitrogen and oxygen atoms in total. The average molecular weight is 392 g/mol. The molecule has 0 aliphatic rings. The van der Waals surface area contributed by atoms with Gasteiger partial charge < -0.3 is 14.4 Å². The molecule has 0 aromatic carbocycles. The molecule has 0 aliphatic heterocycles. The number of rotatable bonds is 9. The Morgan fingerprint density at radius 2 is 1.54 bits per heavy atom. The van der Waals surface area contributed by atoms with E-state index in [4.69, 9.17) is 0 Å². The summed E-state index contributed by atoms with van der Waals surface area (Å²) in [6.07, 6.45) is -7.06. The van der Waals surface area contributed by atoms with Crippen LogP contribution in [0.4, 0.5) is 30.7 Å². The van der Waals surface area contributed by atoms with Gasteiger partial charge in [-0.2, -0.15) is 30.7 Å². The van der Waals surface area contributed by atoms with Crippen LogP contribution < -0.4 is 9.83 Å². The van der Waals surface area contributed by atoms with Gasteiger partial charge in [-0.25, -0.2) is 13.1 Å². The highest BCUT2D eigenvalue weighted by Crippen LogP contribution is 2.48. The van der Waals surface area contributed by atoms with E-state index >= 15 is 0 Å². The Hall–Kier alpha value is -1.15. The van der Waals surface area contributed by atoms with Gasteiger partial charge in [-0.05, 0) is 0 Å². The second kappa shape index (κ2) is 7.00. The van der Waals surface area contributed by atoms with Gasteiger partial charge in [0.15, 0.2) is 0 Å². The lowest BCUT2D eigenvalue weighted by molar-refractivity contribution is -0.884. The molecule has 24 heavy (non-hydrogen) atoms. The van der Waals surface area contributed by atoms with Crippen molar-refractivity contribution in [3.05, 3.63) is 0 Å². The zero-order valence-corrected chi connectivity index (χ0v) is 13.3. The minimum absolute atomic E-state index is 0.0995. The molecule has 144 valence electrons. The quantitative estimate of drug-likeness (QED) is 0.338. The molecule has 0 rings (SSSR count). The first-order valence-corrected chi connectivity index (χ1v) is 7.69. The van der Waals surface area contributed by atoms with E-state index in [1.165, 1.54) is 14.1 Å². The number of hydrogen-bond donors (Lipinski definition) is 1. The second-order valence-electron chi connectivity index (χ2n) is 5.53. The molecular weight excluding hydrogens is 377 g/mol. The van der Waals surface area contributed by atoms with Gasteiger partial charge in [-0.3, -0.25) is 0 Å². The number of halogens is 7. The van der Waals surface area contributed by atoms with Crippen LogP contribution in [-0.4, -0.2) is 70.0 Å². The van der Waals surface area contributed by atoms with E-state index in [-0.39, 0.29) is 17.4 Å². The largest absolute Gasteiger partial charge is 0.544 e. The number of carboxylic acid groups (broad SMARTS) is 1. The molecule has 0 saturated heterocycles. The summed E-state index contributed by atoms with van der Waals surface area (Å²) in [5, 5.41) is 4.01.